The van der Waals surface area contributed by atoms with Crippen LogP contribution in [0, 0.1) is 0 Å². The van der Waals surface area contributed by atoms with Gasteiger partial charge in [0.25, 0.3) is 5.91 Å². The van der Waals surface area contributed by atoms with E-state index in [9.17, 15) is 19.2 Å². The molecular weight excluding hydrogens is 504 g/mol. The molecule has 3 aliphatic rings. The van der Waals surface area contributed by atoms with E-state index in [-0.39, 0.29) is 36.2 Å². The Labute approximate surface area is 226 Å². The second-order valence-corrected chi connectivity index (χ2v) is 10.7. The SMILES string of the molecule is O=C1CN(C(=O)c2ccccc2)[C@@H]2CCN(C(=O)[C@H](CSCc3ccccc3)NC(=O)N3CCOCC3)[C@H]12. The third-order valence-corrected chi connectivity index (χ3v) is 8.38. The Morgan fingerprint density at radius 2 is 1.63 bits per heavy atom. The van der Waals surface area contributed by atoms with E-state index < -0.39 is 12.1 Å². The largest absolute Gasteiger partial charge is 0.378 e. The van der Waals surface area contributed by atoms with Crippen LogP contribution >= 0.6 is 11.8 Å². The number of amides is 4. The predicted octanol–water partition coefficient (Wildman–Crippen LogP) is 2.02. The van der Waals surface area contributed by atoms with Gasteiger partial charge in [0.2, 0.25) is 5.91 Å². The number of hydrogen-bond acceptors (Lipinski definition) is 6. The van der Waals surface area contributed by atoms with Crippen molar-refractivity contribution in [2.24, 2.45) is 0 Å². The molecule has 0 radical (unpaired) electrons. The molecule has 2 aromatic rings. The highest BCUT2D eigenvalue weighted by molar-refractivity contribution is 7.98. The first-order chi connectivity index (χ1) is 18.5. The highest BCUT2D eigenvalue weighted by atomic mass is 32.2. The lowest BCUT2D eigenvalue weighted by Crippen LogP contribution is -2.57. The zero-order valence-corrected chi connectivity index (χ0v) is 22.0. The average molecular weight is 537 g/mol. The van der Waals surface area contributed by atoms with E-state index in [1.54, 1.807) is 50.7 Å². The fourth-order valence-corrected chi connectivity index (χ4v) is 6.34. The van der Waals surface area contributed by atoms with Crippen LogP contribution in [0.15, 0.2) is 60.7 Å². The van der Waals surface area contributed by atoms with Crippen molar-refractivity contribution >= 4 is 35.4 Å². The van der Waals surface area contributed by atoms with E-state index in [1.165, 1.54) is 0 Å². The normalized spacial score (nSPS) is 21.8. The van der Waals surface area contributed by atoms with Crippen molar-refractivity contribution in [3.63, 3.8) is 0 Å². The van der Waals surface area contributed by atoms with Crippen molar-refractivity contribution in [3.8, 4) is 0 Å². The summed E-state index contributed by atoms with van der Waals surface area (Å²) in [6, 6.07) is 16.7. The van der Waals surface area contributed by atoms with E-state index in [0.717, 1.165) is 5.56 Å². The molecular formula is C28H32N4O5S. The van der Waals surface area contributed by atoms with Gasteiger partial charge in [-0.1, -0.05) is 48.5 Å². The Kier molecular flexibility index (Phi) is 8.29. The van der Waals surface area contributed by atoms with Crippen molar-refractivity contribution in [2.75, 3.05) is 45.1 Å². The molecule has 200 valence electrons. The number of ketones is 1. The molecule has 0 spiro atoms. The summed E-state index contributed by atoms with van der Waals surface area (Å²) in [5, 5.41) is 2.93. The smallest absolute Gasteiger partial charge is 0.318 e. The molecule has 38 heavy (non-hydrogen) atoms. The molecule has 0 unspecified atom stereocenters. The van der Waals surface area contributed by atoms with E-state index in [1.807, 2.05) is 36.4 Å². The molecule has 1 N–H and O–H groups in total. The summed E-state index contributed by atoms with van der Waals surface area (Å²) in [5.74, 6) is 0.458. The molecule has 0 bridgehead atoms. The van der Waals surface area contributed by atoms with Gasteiger partial charge in [0, 0.05) is 36.7 Å². The molecule has 3 saturated heterocycles. The van der Waals surface area contributed by atoms with Crippen LogP contribution in [-0.4, -0.2) is 102 Å². The van der Waals surface area contributed by atoms with Gasteiger partial charge in [-0.05, 0) is 24.1 Å². The Morgan fingerprint density at radius 3 is 2.34 bits per heavy atom. The minimum absolute atomic E-state index is 0.0135. The number of likely N-dealkylation sites (tertiary alicyclic amines) is 2. The van der Waals surface area contributed by atoms with E-state index >= 15 is 0 Å². The van der Waals surface area contributed by atoms with Crippen molar-refractivity contribution in [1.29, 1.82) is 0 Å². The highest BCUT2D eigenvalue weighted by Gasteiger charge is 2.52. The Balaban J connectivity index is 1.29. The topological polar surface area (TPSA) is 99.3 Å². The van der Waals surface area contributed by atoms with Gasteiger partial charge in [-0.2, -0.15) is 11.8 Å². The van der Waals surface area contributed by atoms with Gasteiger partial charge in [0.1, 0.15) is 12.1 Å². The lowest BCUT2D eigenvalue weighted by Gasteiger charge is -2.31. The molecule has 3 fully saturated rings. The van der Waals surface area contributed by atoms with Gasteiger partial charge in [0.05, 0.1) is 25.8 Å². The van der Waals surface area contributed by atoms with E-state index in [0.29, 0.717) is 56.3 Å². The first kappa shape index (κ1) is 26.2. The maximum absolute atomic E-state index is 13.8. The number of morpholine rings is 1. The van der Waals surface area contributed by atoms with Crippen molar-refractivity contribution in [1.82, 2.24) is 20.0 Å². The molecule has 0 saturated carbocycles. The minimum atomic E-state index is -0.788. The zero-order chi connectivity index (χ0) is 26.5. The summed E-state index contributed by atoms with van der Waals surface area (Å²) in [4.78, 5) is 57.9. The number of fused-ring (bicyclic) bond motifs is 1. The molecule has 5 rings (SSSR count). The number of Topliss-reactive ketones (excluding diaryl/α,β-unsaturated/α-hetero) is 1. The van der Waals surface area contributed by atoms with Crippen molar-refractivity contribution < 1.29 is 23.9 Å². The molecule has 2 aromatic carbocycles. The maximum atomic E-state index is 13.8. The molecule has 4 amide bonds. The van der Waals surface area contributed by atoms with Gasteiger partial charge < -0.3 is 24.8 Å². The number of nitrogens with zero attached hydrogens (tertiary/aromatic N) is 3. The Morgan fingerprint density at radius 1 is 0.947 bits per heavy atom. The van der Waals surface area contributed by atoms with Crippen molar-refractivity contribution in [2.45, 2.75) is 30.3 Å². The maximum Gasteiger partial charge on any atom is 0.318 e. The van der Waals surface area contributed by atoms with Crippen LogP contribution in [0.1, 0.15) is 22.3 Å². The molecule has 3 aliphatic heterocycles. The highest BCUT2D eigenvalue weighted by Crippen LogP contribution is 2.31. The van der Waals surface area contributed by atoms with E-state index in [2.05, 4.69) is 5.32 Å². The Bertz CT molecular complexity index is 1160. The van der Waals surface area contributed by atoms with Crippen LogP contribution in [0.2, 0.25) is 0 Å². The summed E-state index contributed by atoms with van der Waals surface area (Å²) in [7, 11) is 0. The number of ether oxygens (including phenoxy) is 1. The molecule has 0 aromatic heterocycles. The van der Waals surface area contributed by atoms with Gasteiger partial charge >= 0.3 is 6.03 Å². The summed E-state index contributed by atoms with van der Waals surface area (Å²) < 4.78 is 5.35. The van der Waals surface area contributed by atoms with Crippen LogP contribution in [0.25, 0.3) is 0 Å². The third-order valence-electron chi connectivity index (χ3n) is 7.28. The number of nitrogens with one attached hydrogen (secondary N) is 1. The van der Waals surface area contributed by atoms with Crippen LogP contribution in [0.4, 0.5) is 4.79 Å². The Hall–Kier alpha value is -3.37. The average Bonchev–Trinajstić information content (AvgIpc) is 3.54. The number of hydrogen-bond donors (Lipinski definition) is 1. The second-order valence-electron chi connectivity index (χ2n) is 9.70. The lowest BCUT2D eigenvalue weighted by atomic mass is 10.1. The van der Waals surface area contributed by atoms with Gasteiger partial charge in [-0.3, -0.25) is 14.4 Å². The fraction of sp³-hybridized carbons (Fsp3) is 0.429. The zero-order valence-electron chi connectivity index (χ0n) is 21.2. The van der Waals surface area contributed by atoms with Crippen LogP contribution < -0.4 is 5.32 Å². The quantitative estimate of drug-likeness (QED) is 0.582. The van der Waals surface area contributed by atoms with E-state index in [4.69, 9.17) is 4.74 Å². The number of rotatable bonds is 7. The minimum Gasteiger partial charge on any atom is -0.378 e. The summed E-state index contributed by atoms with van der Waals surface area (Å²) in [6.45, 7) is 2.21. The number of benzene rings is 2. The second kappa shape index (κ2) is 12.0. The van der Waals surface area contributed by atoms with Gasteiger partial charge in [0.15, 0.2) is 5.78 Å². The first-order valence-electron chi connectivity index (χ1n) is 13.0. The summed E-state index contributed by atoms with van der Waals surface area (Å²) in [6.07, 6.45) is 0.530. The molecule has 9 nitrogen and oxygen atoms in total. The van der Waals surface area contributed by atoms with Crippen LogP contribution in [0.5, 0.6) is 0 Å². The molecule has 3 heterocycles. The monoisotopic (exact) mass is 536 g/mol. The van der Waals surface area contributed by atoms with Gasteiger partial charge in [-0.15, -0.1) is 0 Å². The van der Waals surface area contributed by atoms with Crippen LogP contribution in [0.3, 0.4) is 0 Å². The molecule has 0 aliphatic carbocycles. The number of carbonyl (C=O) groups is 4. The first-order valence-corrected chi connectivity index (χ1v) is 14.1. The summed E-state index contributed by atoms with van der Waals surface area (Å²) in [5.41, 5.74) is 1.66. The number of thioether (sulfide) groups is 1. The number of urea groups is 1. The predicted molar refractivity (Wildman–Crippen MR) is 144 cm³/mol. The molecule has 3 atom stereocenters. The van der Waals surface area contributed by atoms with Gasteiger partial charge in [-0.25, -0.2) is 4.79 Å². The number of carbonyl (C=O) groups excluding carboxylic acids is 4. The lowest BCUT2D eigenvalue weighted by molar-refractivity contribution is -0.137. The summed E-state index contributed by atoms with van der Waals surface area (Å²) >= 11 is 1.56. The van der Waals surface area contributed by atoms with Crippen LogP contribution in [-0.2, 0) is 20.1 Å². The fourth-order valence-electron chi connectivity index (χ4n) is 5.34. The standard InChI is InChI=1S/C28H32N4O5S/c33-24-17-32(26(34)21-9-5-2-6-10-21)23-11-12-31(25(23)24)27(35)22(19-38-18-20-7-3-1-4-8-20)29-28(36)30-13-15-37-16-14-30/h1-10,22-23,25H,11-19H2,(H,29,36)/t22-,23+,25-/m0/s1. The van der Waals surface area contributed by atoms with Crippen molar-refractivity contribution in [3.05, 3.63) is 71.8 Å². The third kappa shape index (κ3) is 5.71. The molecule has 10 heteroatoms.